The van der Waals surface area contributed by atoms with Crippen LogP contribution >= 0.6 is 0 Å². The number of nitrogens with two attached hydrogens (primary N) is 1. The van der Waals surface area contributed by atoms with E-state index in [-0.39, 0.29) is 23.0 Å². The number of amides is 1. The number of nitro groups is 1. The maximum Gasteiger partial charge on any atom is 0.293 e. The highest BCUT2D eigenvalue weighted by atomic mass is 16.6. The Morgan fingerprint density at radius 2 is 2.16 bits per heavy atom. The minimum Gasteiger partial charge on any atom is -0.379 e. The van der Waals surface area contributed by atoms with E-state index < -0.39 is 10.8 Å². The molecule has 1 fully saturated rings. The van der Waals surface area contributed by atoms with Gasteiger partial charge in [-0.05, 0) is 10.3 Å². The summed E-state index contributed by atoms with van der Waals surface area (Å²) in [5, 5.41) is 29.9. The van der Waals surface area contributed by atoms with Gasteiger partial charge in [0.1, 0.15) is 0 Å². The number of aromatic nitrogens is 5. The average Bonchev–Trinajstić information content (AvgIpc) is 3.40. The number of hydrogen-bond acceptors (Lipinski definition) is 12. The fraction of sp³-hybridized carbons (Fsp3) is 0.294. The molecule has 1 amide bonds. The van der Waals surface area contributed by atoms with Crippen LogP contribution in [0.3, 0.4) is 0 Å². The van der Waals surface area contributed by atoms with Crippen LogP contribution in [0.5, 0.6) is 0 Å². The predicted octanol–water partition coefficient (Wildman–Crippen LogP) is -0.263. The van der Waals surface area contributed by atoms with Crippen LogP contribution in [-0.4, -0.2) is 73.6 Å². The number of hydrogen-bond donors (Lipinski definition) is 2. The van der Waals surface area contributed by atoms with Gasteiger partial charge in [-0.25, -0.2) is 10.1 Å². The highest BCUT2D eigenvalue weighted by molar-refractivity contribution is 5.94. The monoisotopic (exact) mass is 442 g/mol. The van der Waals surface area contributed by atoms with E-state index in [1.165, 1.54) is 29.1 Å². The number of hydrazone groups is 1. The molecule has 0 atom stereocenters. The van der Waals surface area contributed by atoms with E-state index in [2.05, 4.69) is 40.7 Å². The van der Waals surface area contributed by atoms with E-state index in [9.17, 15) is 14.9 Å². The molecule has 3 heterocycles. The molecule has 15 nitrogen and oxygen atoms in total. The molecule has 1 aromatic carbocycles. The molecule has 1 saturated heterocycles. The molecule has 0 unspecified atom stereocenters. The summed E-state index contributed by atoms with van der Waals surface area (Å²) in [6.07, 6.45) is 1.29. The lowest BCUT2D eigenvalue weighted by Gasteiger charge is -2.26. The number of ether oxygens (including phenoxy) is 1. The first-order valence-corrected chi connectivity index (χ1v) is 9.44. The standard InChI is InChI=1S/C17H18N10O5/c18-15-16(23-32-22-15)26-13(10-25-4-6-31-7-5-25)14(20-24-26)17(28)21-19-9-11-2-1-3-12(8-11)27(29)30/h1-3,8-9H,4-7,10H2,(H2,18,22)(H,21,28). The molecule has 3 aromatic rings. The summed E-state index contributed by atoms with van der Waals surface area (Å²) >= 11 is 0. The number of benzene rings is 1. The molecule has 15 heteroatoms. The van der Waals surface area contributed by atoms with Crippen molar-refractivity contribution in [3.05, 3.63) is 51.3 Å². The molecule has 1 aliphatic heterocycles. The third-order valence-electron chi connectivity index (χ3n) is 4.61. The van der Waals surface area contributed by atoms with Crippen LogP contribution in [-0.2, 0) is 11.3 Å². The molecule has 3 N–H and O–H groups in total. The topological polar surface area (TPSA) is 193 Å². The minimum atomic E-state index is -0.629. The zero-order valence-corrected chi connectivity index (χ0v) is 16.6. The molecular formula is C17H18N10O5. The summed E-state index contributed by atoms with van der Waals surface area (Å²) in [6, 6.07) is 5.82. The van der Waals surface area contributed by atoms with Crippen LogP contribution in [0.2, 0.25) is 0 Å². The molecule has 4 rings (SSSR count). The highest BCUT2D eigenvalue weighted by Gasteiger charge is 2.26. The molecule has 0 aliphatic carbocycles. The molecule has 166 valence electrons. The Morgan fingerprint density at radius 3 is 2.88 bits per heavy atom. The third-order valence-corrected chi connectivity index (χ3v) is 4.61. The normalized spacial score (nSPS) is 14.6. The summed E-state index contributed by atoms with van der Waals surface area (Å²) in [4.78, 5) is 25.2. The number of nitrogen functional groups attached to an aromatic ring is 1. The van der Waals surface area contributed by atoms with E-state index in [0.29, 0.717) is 44.1 Å². The van der Waals surface area contributed by atoms with Crippen LogP contribution < -0.4 is 11.2 Å². The Hall–Kier alpha value is -4.24. The average molecular weight is 442 g/mol. The van der Waals surface area contributed by atoms with Crippen LogP contribution in [0.15, 0.2) is 34.0 Å². The Bertz CT molecular complexity index is 1150. The number of nitrogens with one attached hydrogen (secondary N) is 1. The van der Waals surface area contributed by atoms with E-state index in [0.717, 1.165) is 0 Å². The van der Waals surface area contributed by atoms with Gasteiger partial charge in [0.15, 0.2) is 5.69 Å². The number of rotatable bonds is 7. The Balaban J connectivity index is 1.56. The van der Waals surface area contributed by atoms with Crippen LogP contribution in [0.25, 0.3) is 5.82 Å². The number of anilines is 1. The second-order valence-corrected chi connectivity index (χ2v) is 6.71. The Kier molecular flexibility index (Phi) is 6.09. The molecule has 2 aromatic heterocycles. The van der Waals surface area contributed by atoms with Gasteiger partial charge in [-0.3, -0.25) is 19.8 Å². The maximum absolute atomic E-state index is 12.8. The number of carbonyl (C=O) groups excluding carboxylic acids is 1. The molecule has 1 aliphatic rings. The van der Waals surface area contributed by atoms with Crippen LogP contribution in [0, 0.1) is 10.1 Å². The zero-order chi connectivity index (χ0) is 22.5. The van der Waals surface area contributed by atoms with Crippen molar-refractivity contribution < 1.29 is 19.1 Å². The van der Waals surface area contributed by atoms with Gasteiger partial charge in [0.25, 0.3) is 11.6 Å². The van der Waals surface area contributed by atoms with Crippen LogP contribution in [0.1, 0.15) is 21.7 Å². The lowest BCUT2D eigenvalue weighted by molar-refractivity contribution is -0.384. The lowest BCUT2D eigenvalue weighted by atomic mass is 10.2. The van der Waals surface area contributed by atoms with Crippen molar-refractivity contribution in [2.45, 2.75) is 6.54 Å². The maximum atomic E-state index is 12.8. The third kappa shape index (κ3) is 4.57. The molecular weight excluding hydrogens is 424 g/mol. The molecule has 0 saturated carbocycles. The lowest BCUT2D eigenvalue weighted by Crippen LogP contribution is -2.37. The van der Waals surface area contributed by atoms with Gasteiger partial charge >= 0.3 is 0 Å². The Morgan fingerprint density at radius 1 is 1.34 bits per heavy atom. The zero-order valence-electron chi connectivity index (χ0n) is 16.6. The molecule has 0 bridgehead atoms. The van der Waals surface area contributed by atoms with Gasteiger partial charge in [-0.1, -0.05) is 17.3 Å². The van der Waals surface area contributed by atoms with Crippen molar-refractivity contribution in [2.24, 2.45) is 5.10 Å². The first kappa shape index (κ1) is 21.0. The fourth-order valence-electron chi connectivity index (χ4n) is 3.04. The second-order valence-electron chi connectivity index (χ2n) is 6.71. The van der Waals surface area contributed by atoms with Gasteiger partial charge in [0.05, 0.1) is 30.0 Å². The van der Waals surface area contributed by atoms with Crippen molar-refractivity contribution in [2.75, 3.05) is 32.0 Å². The highest BCUT2D eigenvalue weighted by Crippen LogP contribution is 2.18. The van der Waals surface area contributed by atoms with Crippen molar-refractivity contribution in [3.63, 3.8) is 0 Å². The van der Waals surface area contributed by atoms with E-state index in [4.69, 9.17) is 10.5 Å². The second kappa shape index (κ2) is 9.27. The first-order valence-electron chi connectivity index (χ1n) is 9.44. The van der Waals surface area contributed by atoms with Crippen molar-refractivity contribution in [1.82, 2.24) is 35.6 Å². The quantitative estimate of drug-likeness (QED) is 0.278. The number of carbonyl (C=O) groups is 1. The summed E-state index contributed by atoms with van der Waals surface area (Å²) in [5.74, 6) is -0.523. The first-order chi connectivity index (χ1) is 15.5. The predicted molar refractivity (Wildman–Crippen MR) is 108 cm³/mol. The Labute approximate surface area is 179 Å². The summed E-state index contributed by atoms with van der Waals surface area (Å²) in [5.41, 5.74) is 8.91. The largest absolute Gasteiger partial charge is 0.379 e. The smallest absolute Gasteiger partial charge is 0.293 e. The van der Waals surface area contributed by atoms with E-state index in [1.807, 2.05) is 0 Å². The number of nitrogens with zero attached hydrogens (tertiary/aromatic N) is 8. The molecule has 0 spiro atoms. The number of morpholine rings is 1. The number of non-ortho nitro benzene ring substituents is 1. The van der Waals surface area contributed by atoms with Gasteiger partial charge in [0, 0.05) is 37.3 Å². The molecule has 0 radical (unpaired) electrons. The molecule has 32 heavy (non-hydrogen) atoms. The van der Waals surface area contributed by atoms with Gasteiger partial charge in [-0.2, -0.15) is 9.78 Å². The van der Waals surface area contributed by atoms with Crippen molar-refractivity contribution in [3.8, 4) is 5.82 Å². The minimum absolute atomic E-state index is 0.00576. The van der Waals surface area contributed by atoms with E-state index >= 15 is 0 Å². The van der Waals surface area contributed by atoms with Crippen LogP contribution in [0.4, 0.5) is 11.5 Å². The fourth-order valence-corrected chi connectivity index (χ4v) is 3.04. The van der Waals surface area contributed by atoms with E-state index in [1.54, 1.807) is 6.07 Å². The van der Waals surface area contributed by atoms with Crippen molar-refractivity contribution in [1.29, 1.82) is 0 Å². The van der Waals surface area contributed by atoms with Gasteiger partial charge in [-0.15, -0.1) is 5.10 Å². The summed E-state index contributed by atoms with van der Waals surface area (Å²) in [6.45, 7) is 2.75. The number of nitro benzene ring substituents is 1. The van der Waals surface area contributed by atoms with Crippen molar-refractivity contribution >= 4 is 23.6 Å². The van der Waals surface area contributed by atoms with Gasteiger partial charge in [0.2, 0.25) is 11.6 Å². The summed E-state index contributed by atoms with van der Waals surface area (Å²) < 4.78 is 11.3. The van der Waals surface area contributed by atoms with Gasteiger partial charge < -0.3 is 10.5 Å². The SMILES string of the molecule is Nc1nonc1-n1nnc(C(=O)NN=Cc2cccc([N+](=O)[O-])c2)c1CN1CCOCC1. The summed E-state index contributed by atoms with van der Waals surface area (Å²) in [7, 11) is 0.